The lowest BCUT2D eigenvalue weighted by molar-refractivity contribution is -0.152. The van der Waals surface area contributed by atoms with E-state index in [1.165, 1.54) is 32.7 Å². The quantitative estimate of drug-likeness (QED) is 0.516. The molecular formula is C25H26FN5O5S. The fraction of sp³-hybridized carbons (Fsp3) is 0.400. The second-order valence-electron chi connectivity index (χ2n) is 9.91. The summed E-state index contributed by atoms with van der Waals surface area (Å²) in [5, 5.41) is 29.8. The Morgan fingerprint density at radius 2 is 1.89 bits per heavy atom. The minimum Gasteiger partial charge on any atom is -0.503 e. The third kappa shape index (κ3) is 4.19. The molecule has 37 heavy (non-hydrogen) atoms. The van der Waals surface area contributed by atoms with E-state index in [2.05, 4.69) is 10.2 Å². The number of aromatic nitrogens is 3. The molecule has 0 aliphatic carbocycles. The predicted octanol–water partition coefficient (Wildman–Crippen LogP) is 1.58. The highest BCUT2D eigenvalue weighted by Gasteiger charge is 2.50. The van der Waals surface area contributed by atoms with Crippen molar-refractivity contribution in [1.29, 1.82) is 0 Å². The van der Waals surface area contributed by atoms with Gasteiger partial charge in [-0.05, 0) is 38.5 Å². The number of fused-ring (bicyclic) bond motifs is 1. The van der Waals surface area contributed by atoms with Crippen LogP contribution in [0, 0.1) is 5.82 Å². The number of hydrogen-bond acceptors (Lipinski definition) is 8. The monoisotopic (exact) mass is 527 g/mol. The van der Waals surface area contributed by atoms with Gasteiger partial charge in [0.2, 0.25) is 5.43 Å². The molecule has 5 rings (SSSR count). The number of pyridine rings is 1. The summed E-state index contributed by atoms with van der Waals surface area (Å²) < 4.78 is 14.6. The number of β-amino-alcohol motifs (C(OH)–C–C–N with tert-alkyl or cyclic N) is 1. The average molecular weight is 528 g/mol. The molecule has 12 heteroatoms. The van der Waals surface area contributed by atoms with Gasteiger partial charge in [0, 0.05) is 31.7 Å². The van der Waals surface area contributed by atoms with Crippen LogP contribution in [0.15, 0.2) is 35.3 Å². The molecule has 10 nitrogen and oxygen atoms in total. The Hall–Kier alpha value is -3.64. The first kappa shape index (κ1) is 25.0. The molecule has 1 saturated heterocycles. The summed E-state index contributed by atoms with van der Waals surface area (Å²) >= 11 is 1.13. The molecule has 0 radical (unpaired) electrons. The summed E-state index contributed by atoms with van der Waals surface area (Å²) in [5.74, 6) is -2.00. The van der Waals surface area contributed by atoms with Crippen LogP contribution in [-0.4, -0.2) is 78.4 Å². The maximum atomic E-state index is 13.6. The van der Waals surface area contributed by atoms with Gasteiger partial charge in [-0.2, -0.15) is 0 Å². The number of halogens is 1. The Morgan fingerprint density at radius 1 is 1.22 bits per heavy atom. The van der Waals surface area contributed by atoms with E-state index in [9.17, 15) is 29.0 Å². The molecule has 2 amide bonds. The van der Waals surface area contributed by atoms with Gasteiger partial charge in [0.05, 0.1) is 18.2 Å². The third-order valence-corrected chi connectivity index (χ3v) is 7.81. The standard InChI is InChI=1S/C25H26FN5O5S/c1-13(2)30-12-25(3,24(36)29-9-16(32)10-29)31-11-17(20(33)21(34)19(31)23(30)35)22-28-27-18(37-22)8-14-4-6-15(26)7-5-14/h4-7,11,13,16,32,34H,8-10,12H2,1-3H3. The predicted molar refractivity (Wildman–Crippen MR) is 133 cm³/mol. The highest BCUT2D eigenvalue weighted by molar-refractivity contribution is 7.14. The topological polar surface area (TPSA) is 129 Å². The Bertz CT molecular complexity index is 1450. The first-order valence-corrected chi connectivity index (χ1v) is 12.7. The van der Waals surface area contributed by atoms with Crippen LogP contribution in [0.5, 0.6) is 5.75 Å². The van der Waals surface area contributed by atoms with Crippen molar-refractivity contribution in [2.75, 3.05) is 19.6 Å². The van der Waals surface area contributed by atoms with Crippen molar-refractivity contribution in [2.24, 2.45) is 0 Å². The number of carbonyl (C=O) groups excluding carboxylic acids is 2. The van der Waals surface area contributed by atoms with E-state index in [1.54, 1.807) is 32.9 Å². The van der Waals surface area contributed by atoms with Crippen molar-refractivity contribution in [2.45, 2.75) is 44.9 Å². The zero-order valence-electron chi connectivity index (χ0n) is 20.5. The number of aliphatic hydroxyl groups is 1. The molecule has 2 aliphatic rings. The largest absolute Gasteiger partial charge is 0.503 e. The van der Waals surface area contributed by atoms with Crippen molar-refractivity contribution in [3.05, 3.63) is 62.8 Å². The lowest BCUT2D eigenvalue weighted by Crippen LogP contribution is -2.65. The van der Waals surface area contributed by atoms with Gasteiger partial charge in [0.15, 0.2) is 16.5 Å². The maximum Gasteiger partial charge on any atom is 0.274 e. The van der Waals surface area contributed by atoms with E-state index in [-0.39, 0.29) is 53.7 Å². The Kier molecular flexibility index (Phi) is 6.11. The average Bonchev–Trinajstić information content (AvgIpc) is 3.30. The van der Waals surface area contributed by atoms with E-state index < -0.39 is 28.7 Å². The maximum absolute atomic E-state index is 13.6. The Balaban J connectivity index is 1.59. The van der Waals surface area contributed by atoms with Crippen molar-refractivity contribution < 1.29 is 24.2 Å². The van der Waals surface area contributed by atoms with Crippen LogP contribution in [-0.2, 0) is 16.8 Å². The lowest BCUT2D eigenvalue weighted by Gasteiger charge is -2.48. The van der Waals surface area contributed by atoms with Gasteiger partial charge in [-0.25, -0.2) is 4.39 Å². The summed E-state index contributed by atoms with van der Waals surface area (Å²) in [6, 6.07) is 5.66. The van der Waals surface area contributed by atoms with Crippen LogP contribution in [0.25, 0.3) is 10.6 Å². The first-order chi connectivity index (χ1) is 17.5. The fourth-order valence-corrected chi connectivity index (χ4v) is 5.60. The summed E-state index contributed by atoms with van der Waals surface area (Å²) in [4.78, 5) is 43.1. The van der Waals surface area contributed by atoms with Gasteiger partial charge in [0.25, 0.3) is 11.8 Å². The molecule has 0 spiro atoms. The van der Waals surface area contributed by atoms with Crippen molar-refractivity contribution >= 4 is 23.2 Å². The molecule has 2 aromatic heterocycles. The molecule has 1 fully saturated rings. The second-order valence-corrected chi connectivity index (χ2v) is 11.0. The van der Waals surface area contributed by atoms with E-state index >= 15 is 0 Å². The number of carbonyl (C=O) groups is 2. The van der Waals surface area contributed by atoms with Crippen molar-refractivity contribution in [1.82, 2.24) is 24.6 Å². The minimum absolute atomic E-state index is 0.0116. The normalized spacial score (nSPS) is 19.8. The summed E-state index contributed by atoms with van der Waals surface area (Å²) in [6.07, 6.45) is 1.15. The van der Waals surface area contributed by atoms with Crippen molar-refractivity contribution in [3.63, 3.8) is 0 Å². The number of aliphatic hydroxyl groups excluding tert-OH is 1. The zero-order valence-corrected chi connectivity index (χ0v) is 21.3. The van der Waals surface area contributed by atoms with E-state index in [4.69, 9.17) is 0 Å². The molecule has 0 saturated carbocycles. The van der Waals surface area contributed by atoms with Crippen LogP contribution in [0.1, 0.15) is 41.8 Å². The van der Waals surface area contributed by atoms with E-state index in [0.29, 0.717) is 11.4 Å². The SMILES string of the molecule is CC(C)N1CC(C)(C(=O)N2CC(O)C2)n2cc(-c3nnc(Cc4ccc(F)cc4)s3)c(=O)c(O)c2C1=O. The Morgan fingerprint density at radius 3 is 2.51 bits per heavy atom. The molecule has 1 unspecified atom stereocenters. The number of rotatable bonds is 5. The third-order valence-electron chi connectivity index (χ3n) is 6.86. The zero-order chi connectivity index (χ0) is 26.6. The van der Waals surface area contributed by atoms with Gasteiger partial charge in [-0.1, -0.05) is 23.5 Å². The minimum atomic E-state index is -1.34. The molecule has 2 N–H and O–H groups in total. The molecule has 0 bridgehead atoms. The summed E-state index contributed by atoms with van der Waals surface area (Å²) in [6.45, 7) is 5.59. The lowest BCUT2D eigenvalue weighted by atomic mass is 9.91. The van der Waals surface area contributed by atoms with Crippen LogP contribution in [0.2, 0.25) is 0 Å². The number of nitrogens with zero attached hydrogens (tertiary/aromatic N) is 5. The smallest absolute Gasteiger partial charge is 0.274 e. The van der Waals surface area contributed by atoms with Crippen LogP contribution < -0.4 is 5.43 Å². The van der Waals surface area contributed by atoms with Gasteiger partial charge in [-0.15, -0.1) is 10.2 Å². The second kappa shape index (κ2) is 9.03. The number of hydrogen-bond donors (Lipinski definition) is 2. The van der Waals surface area contributed by atoms with Gasteiger partial charge in [-0.3, -0.25) is 14.4 Å². The summed E-state index contributed by atoms with van der Waals surface area (Å²) in [7, 11) is 0. The van der Waals surface area contributed by atoms with Crippen LogP contribution in [0.3, 0.4) is 0 Å². The number of amides is 2. The highest BCUT2D eigenvalue weighted by atomic mass is 32.1. The number of aromatic hydroxyl groups is 1. The van der Waals surface area contributed by atoms with E-state index in [1.807, 2.05) is 0 Å². The van der Waals surface area contributed by atoms with Gasteiger partial charge >= 0.3 is 0 Å². The molecule has 4 heterocycles. The van der Waals surface area contributed by atoms with Crippen LogP contribution in [0.4, 0.5) is 4.39 Å². The summed E-state index contributed by atoms with van der Waals surface area (Å²) in [5.41, 5.74) is -1.57. The molecular weight excluding hydrogens is 501 g/mol. The van der Waals surface area contributed by atoms with Gasteiger partial charge in [0.1, 0.15) is 16.4 Å². The number of benzene rings is 1. The van der Waals surface area contributed by atoms with Gasteiger partial charge < -0.3 is 24.6 Å². The molecule has 194 valence electrons. The molecule has 2 aliphatic heterocycles. The van der Waals surface area contributed by atoms with Crippen molar-refractivity contribution in [3.8, 4) is 16.3 Å². The van der Waals surface area contributed by atoms with E-state index in [0.717, 1.165) is 16.9 Å². The number of likely N-dealkylation sites (tertiary alicyclic amines) is 1. The highest BCUT2D eigenvalue weighted by Crippen LogP contribution is 2.36. The first-order valence-electron chi connectivity index (χ1n) is 11.8. The molecule has 1 aromatic carbocycles. The molecule has 1 atom stereocenters. The fourth-order valence-electron chi connectivity index (χ4n) is 4.72. The Labute approximate surface area is 215 Å². The molecule has 3 aromatic rings. The van der Waals surface area contributed by atoms with Crippen LogP contribution >= 0.6 is 11.3 Å².